The highest BCUT2D eigenvalue weighted by atomic mass is 19.2. The monoisotopic (exact) mass is 635 g/mol. The first kappa shape index (κ1) is 30.3. The third-order valence-corrected chi connectivity index (χ3v) is 9.89. The number of hydrogen-bond donors (Lipinski definition) is 1. The molecule has 1 amide bonds. The number of aromatic hydroxyl groups is 1. The Labute approximate surface area is 262 Å². The predicted octanol–water partition coefficient (Wildman–Crippen LogP) is 6.20. The molecule has 3 saturated heterocycles. The molecule has 1 unspecified atom stereocenters. The molecule has 2 aromatic heterocycles. The van der Waals surface area contributed by atoms with E-state index in [2.05, 4.69) is 21.4 Å². The lowest BCUT2D eigenvalue weighted by Crippen LogP contribution is -2.44. The Kier molecular flexibility index (Phi) is 7.57. The molecule has 3 aliphatic rings. The third-order valence-electron chi connectivity index (χ3n) is 9.89. The van der Waals surface area contributed by atoms with Gasteiger partial charge >= 0.3 is 6.01 Å². The van der Waals surface area contributed by atoms with Crippen LogP contribution in [0, 0.1) is 17.5 Å². The van der Waals surface area contributed by atoms with E-state index in [4.69, 9.17) is 9.72 Å². The number of phenolic OH excluding ortho intramolecular Hbond substituents is 1. The van der Waals surface area contributed by atoms with Crippen LogP contribution >= 0.6 is 0 Å². The molecule has 46 heavy (non-hydrogen) atoms. The van der Waals surface area contributed by atoms with Crippen molar-refractivity contribution in [1.82, 2.24) is 24.8 Å². The molecule has 3 fully saturated rings. The van der Waals surface area contributed by atoms with Crippen LogP contribution in [0.1, 0.15) is 50.6 Å². The molecule has 7 rings (SSSR count). The van der Waals surface area contributed by atoms with E-state index in [-0.39, 0.29) is 63.8 Å². The Morgan fingerprint density at radius 2 is 2.02 bits per heavy atom. The first-order valence-corrected chi connectivity index (χ1v) is 15.5. The number of alkyl halides is 1. The molecule has 240 valence electrons. The van der Waals surface area contributed by atoms with Crippen LogP contribution in [0.4, 0.5) is 17.6 Å². The summed E-state index contributed by atoms with van der Waals surface area (Å²) in [6.07, 6.45) is 4.77. The molecule has 8 nitrogen and oxygen atoms in total. The van der Waals surface area contributed by atoms with Crippen LogP contribution in [-0.4, -0.2) is 79.8 Å². The van der Waals surface area contributed by atoms with Crippen molar-refractivity contribution in [3.8, 4) is 23.0 Å². The van der Waals surface area contributed by atoms with Gasteiger partial charge in [-0.05, 0) is 68.8 Å². The summed E-state index contributed by atoms with van der Waals surface area (Å²) in [5, 5.41) is 10.6. The van der Waals surface area contributed by atoms with Crippen molar-refractivity contribution in [1.29, 1.82) is 0 Å². The molecule has 0 radical (unpaired) electrons. The topological polar surface area (TPSA) is 91.7 Å². The lowest BCUT2D eigenvalue weighted by atomic mass is 9.87. The van der Waals surface area contributed by atoms with E-state index in [9.17, 15) is 18.7 Å². The summed E-state index contributed by atoms with van der Waals surface area (Å²) >= 11 is 0. The van der Waals surface area contributed by atoms with Crippen molar-refractivity contribution in [2.45, 2.75) is 62.7 Å². The Balaban J connectivity index is 1.35. The van der Waals surface area contributed by atoms with E-state index in [1.807, 2.05) is 6.92 Å². The van der Waals surface area contributed by atoms with Crippen molar-refractivity contribution in [3.05, 3.63) is 66.3 Å². The first-order valence-electron chi connectivity index (χ1n) is 15.5. The van der Waals surface area contributed by atoms with Crippen LogP contribution in [0.15, 0.2) is 43.1 Å². The van der Waals surface area contributed by atoms with Gasteiger partial charge in [-0.1, -0.05) is 12.6 Å². The smallest absolute Gasteiger partial charge is 0.317 e. The quantitative estimate of drug-likeness (QED) is 0.199. The van der Waals surface area contributed by atoms with Gasteiger partial charge in [-0.25, -0.2) is 17.6 Å². The van der Waals surface area contributed by atoms with E-state index >= 15 is 8.78 Å². The number of phenols is 1. The summed E-state index contributed by atoms with van der Waals surface area (Å²) in [5.41, 5.74) is -0.605. The average Bonchev–Trinajstić information content (AvgIpc) is 3.56. The summed E-state index contributed by atoms with van der Waals surface area (Å²) < 4.78 is 66.7. The highest BCUT2D eigenvalue weighted by Crippen LogP contribution is 2.42. The largest absolute Gasteiger partial charge is 0.508 e. The number of halogens is 4. The maximum atomic E-state index is 16.6. The number of carbonyl (C=O) groups is 1. The van der Waals surface area contributed by atoms with Gasteiger partial charge in [0.15, 0.2) is 17.5 Å². The number of carbonyl (C=O) groups excluding carboxylic acids is 1. The maximum absolute atomic E-state index is 16.6. The molecule has 0 saturated carbocycles. The van der Waals surface area contributed by atoms with Gasteiger partial charge in [0.25, 0.3) is 0 Å². The van der Waals surface area contributed by atoms with E-state index in [0.717, 1.165) is 31.5 Å². The van der Waals surface area contributed by atoms with Crippen molar-refractivity contribution in [3.63, 3.8) is 0 Å². The van der Waals surface area contributed by atoms with E-state index in [1.54, 1.807) is 4.90 Å². The number of ether oxygens (including phenoxy) is 1. The molecule has 3 aliphatic heterocycles. The fraction of sp³-hybridized carbons (Fsp3) is 0.412. The van der Waals surface area contributed by atoms with Crippen LogP contribution in [0.25, 0.3) is 32.9 Å². The van der Waals surface area contributed by atoms with Crippen LogP contribution in [0.2, 0.25) is 0 Å². The zero-order chi connectivity index (χ0) is 32.3. The lowest BCUT2D eigenvalue weighted by molar-refractivity contribution is -0.129. The fourth-order valence-corrected chi connectivity index (χ4v) is 7.70. The molecule has 2 aromatic carbocycles. The van der Waals surface area contributed by atoms with Crippen molar-refractivity contribution in [2.75, 3.05) is 26.2 Å². The molecule has 4 aromatic rings. The van der Waals surface area contributed by atoms with Crippen molar-refractivity contribution < 1.29 is 32.2 Å². The SMILES string of the molecule is C=CC(=O)N1CCC(c2nc(OC[C@@]34CCCN3C[C@H](F)C4)nc3c(F)c(-c4cc(O)cc5ccc(F)c(F)c45)ncc23)C[C@@H]1C. The number of benzene rings is 2. The minimum Gasteiger partial charge on any atom is -0.508 e. The number of piperidine rings is 1. The van der Waals surface area contributed by atoms with Gasteiger partial charge in [0.1, 0.15) is 29.7 Å². The Bertz CT molecular complexity index is 1890. The molecule has 0 spiro atoms. The molecule has 5 heterocycles. The molecular weight excluding hydrogens is 602 g/mol. The van der Waals surface area contributed by atoms with Gasteiger partial charge in [0, 0.05) is 54.0 Å². The zero-order valence-corrected chi connectivity index (χ0v) is 25.3. The molecule has 1 N–H and O–H groups in total. The third kappa shape index (κ3) is 5.03. The van der Waals surface area contributed by atoms with Gasteiger partial charge in [-0.15, -0.1) is 0 Å². The van der Waals surface area contributed by atoms with E-state index in [1.165, 1.54) is 24.4 Å². The Morgan fingerprint density at radius 3 is 2.80 bits per heavy atom. The predicted molar refractivity (Wildman–Crippen MR) is 164 cm³/mol. The van der Waals surface area contributed by atoms with Crippen LogP contribution in [-0.2, 0) is 4.79 Å². The number of amides is 1. The highest BCUT2D eigenvalue weighted by Gasteiger charge is 2.49. The molecule has 0 bridgehead atoms. The minimum absolute atomic E-state index is 0.0858. The summed E-state index contributed by atoms with van der Waals surface area (Å²) in [5.74, 6) is -3.90. The Morgan fingerprint density at radius 1 is 1.20 bits per heavy atom. The first-order chi connectivity index (χ1) is 22.1. The Hall–Kier alpha value is -4.32. The van der Waals surface area contributed by atoms with Crippen molar-refractivity contribution >= 4 is 27.6 Å². The summed E-state index contributed by atoms with van der Waals surface area (Å²) in [6, 6.07) is 4.38. The second-order valence-corrected chi connectivity index (χ2v) is 12.7. The molecule has 0 aliphatic carbocycles. The van der Waals surface area contributed by atoms with Crippen LogP contribution in [0.5, 0.6) is 11.8 Å². The number of pyridine rings is 1. The lowest BCUT2D eigenvalue weighted by Gasteiger charge is -2.37. The molecule has 4 atom stereocenters. The van der Waals surface area contributed by atoms with Gasteiger partial charge < -0.3 is 14.7 Å². The van der Waals surface area contributed by atoms with Crippen molar-refractivity contribution in [2.24, 2.45) is 0 Å². The standard InChI is InChI=1S/C34H33F4N5O3/c1-3-26(45)43-10-7-20(11-18(43)2)30-24-15-39-31(23-13-22(44)12-19-5-6-25(36)28(37)27(19)23)29(38)32(24)41-33(40-30)46-17-34-8-4-9-42(34)16-21(35)14-34/h3,5-6,12-13,15,18,20-21,44H,1,4,7-11,14,16-17H2,2H3/t18-,20?,21+,34-/m0/s1. The average molecular weight is 636 g/mol. The number of hydrogen-bond acceptors (Lipinski definition) is 7. The van der Waals surface area contributed by atoms with Crippen LogP contribution in [0.3, 0.4) is 0 Å². The summed E-state index contributed by atoms with van der Waals surface area (Å²) in [4.78, 5) is 29.8. The number of nitrogens with zero attached hydrogens (tertiary/aromatic N) is 5. The second-order valence-electron chi connectivity index (χ2n) is 12.7. The summed E-state index contributed by atoms with van der Waals surface area (Å²) in [7, 11) is 0. The highest BCUT2D eigenvalue weighted by molar-refractivity contribution is 5.99. The molecule has 12 heteroatoms. The number of aromatic nitrogens is 3. The number of likely N-dealkylation sites (tertiary alicyclic amines) is 1. The number of rotatable bonds is 6. The maximum Gasteiger partial charge on any atom is 0.317 e. The minimum atomic E-state index is -1.20. The van der Waals surface area contributed by atoms with Gasteiger partial charge in [0.2, 0.25) is 5.91 Å². The number of fused-ring (bicyclic) bond motifs is 3. The summed E-state index contributed by atoms with van der Waals surface area (Å²) in [6.45, 7) is 7.19. The van der Waals surface area contributed by atoms with Crippen LogP contribution < -0.4 is 4.74 Å². The van der Waals surface area contributed by atoms with E-state index < -0.39 is 29.2 Å². The normalized spacial score (nSPS) is 24.9. The molecular formula is C34H33F4N5O3. The van der Waals surface area contributed by atoms with Gasteiger partial charge in [0.05, 0.1) is 11.2 Å². The van der Waals surface area contributed by atoms with E-state index in [0.29, 0.717) is 43.4 Å². The fourth-order valence-electron chi connectivity index (χ4n) is 7.70. The zero-order valence-electron chi connectivity index (χ0n) is 25.3. The second kappa shape index (κ2) is 11.5. The van der Waals surface area contributed by atoms with Gasteiger partial charge in [-0.3, -0.25) is 14.7 Å². The van der Waals surface area contributed by atoms with Gasteiger partial charge in [-0.2, -0.15) is 9.97 Å².